The molecule has 1 N–H and O–H groups in total. The summed E-state index contributed by atoms with van der Waals surface area (Å²) >= 11 is 7.82. The first-order chi connectivity index (χ1) is 8.61. The second-order valence-corrected chi connectivity index (χ2v) is 7.49. The molecule has 0 bridgehead atoms. The molecule has 0 saturated heterocycles. The molecule has 1 aromatic carbocycles. The fourth-order valence-electron chi connectivity index (χ4n) is 1.90. The van der Waals surface area contributed by atoms with Gasteiger partial charge in [-0.25, -0.2) is 0 Å². The standard InChI is InChI=1S/C14H15BrINS/c1-3-17-14(10-5-4-6-11(16)7-10)13-8-12(15)9(2)18-13/h4-8,14,17H,3H2,1-2H3. The first-order valence-electron chi connectivity index (χ1n) is 5.86. The van der Waals surface area contributed by atoms with E-state index in [1.165, 1.54) is 23.4 Å². The van der Waals surface area contributed by atoms with Gasteiger partial charge in [-0.15, -0.1) is 11.3 Å². The highest BCUT2D eigenvalue weighted by Gasteiger charge is 2.16. The van der Waals surface area contributed by atoms with Crippen LogP contribution in [0, 0.1) is 10.5 Å². The monoisotopic (exact) mass is 435 g/mol. The average Bonchev–Trinajstić information content (AvgIpc) is 2.66. The van der Waals surface area contributed by atoms with Crippen LogP contribution in [0.25, 0.3) is 0 Å². The molecule has 2 aromatic rings. The maximum Gasteiger partial charge on any atom is 0.0671 e. The minimum absolute atomic E-state index is 0.291. The molecule has 1 atom stereocenters. The van der Waals surface area contributed by atoms with E-state index in [9.17, 15) is 0 Å². The van der Waals surface area contributed by atoms with Gasteiger partial charge in [0, 0.05) is 17.8 Å². The zero-order valence-corrected chi connectivity index (χ0v) is 14.9. The second-order valence-electron chi connectivity index (χ2n) is 4.10. The van der Waals surface area contributed by atoms with Crippen molar-refractivity contribution in [3.8, 4) is 0 Å². The van der Waals surface area contributed by atoms with E-state index < -0.39 is 0 Å². The van der Waals surface area contributed by atoms with Crippen LogP contribution >= 0.6 is 49.9 Å². The lowest BCUT2D eigenvalue weighted by Crippen LogP contribution is -2.21. The quantitative estimate of drug-likeness (QED) is 0.657. The van der Waals surface area contributed by atoms with E-state index in [4.69, 9.17) is 0 Å². The van der Waals surface area contributed by atoms with Crippen LogP contribution in [0.1, 0.15) is 28.3 Å². The van der Waals surface area contributed by atoms with Gasteiger partial charge in [-0.3, -0.25) is 0 Å². The summed E-state index contributed by atoms with van der Waals surface area (Å²) in [5.74, 6) is 0. The van der Waals surface area contributed by atoms with Crippen molar-refractivity contribution in [3.63, 3.8) is 0 Å². The number of hydrogen-bond donors (Lipinski definition) is 1. The molecule has 96 valence electrons. The first-order valence-corrected chi connectivity index (χ1v) is 8.55. The summed E-state index contributed by atoms with van der Waals surface area (Å²) in [6.07, 6.45) is 0. The van der Waals surface area contributed by atoms with Crippen molar-refractivity contribution in [2.75, 3.05) is 6.54 Å². The number of benzene rings is 1. The molecule has 0 spiro atoms. The maximum atomic E-state index is 3.60. The largest absolute Gasteiger partial charge is 0.306 e. The Hall–Kier alpha value is 0.0900. The summed E-state index contributed by atoms with van der Waals surface area (Å²) in [5.41, 5.74) is 1.33. The molecule has 0 amide bonds. The Morgan fingerprint density at radius 1 is 1.39 bits per heavy atom. The molecule has 2 rings (SSSR count). The molecule has 0 aliphatic rings. The highest BCUT2D eigenvalue weighted by molar-refractivity contribution is 14.1. The van der Waals surface area contributed by atoms with Crippen LogP contribution in [0.15, 0.2) is 34.8 Å². The molecule has 0 saturated carbocycles. The van der Waals surface area contributed by atoms with E-state index in [-0.39, 0.29) is 0 Å². The normalized spacial score (nSPS) is 12.7. The molecule has 1 aromatic heterocycles. The second kappa shape index (κ2) is 6.50. The summed E-state index contributed by atoms with van der Waals surface area (Å²) in [6.45, 7) is 5.26. The van der Waals surface area contributed by atoms with Gasteiger partial charge < -0.3 is 5.32 Å². The van der Waals surface area contributed by atoms with Crippen molar-refractivity contribution in [2.24, 2.45) is 0 Å². The Balaban J connectivity index is 2.39. The fourth-order valence-corrected chi connectivity index (χ4v) is 4.13. The van der Waals surface area contributed by atoms with Gasteiger partial charge in [0.1, 0.15) is 0 Å². The summed E-state index contributed by atoms with van der Waals surface area (Å²) in [5, 5.41) is 3.57. The summed E-state index contributed by atoms with van der Waals surface area (Å²) in [7, 11) is 0. The number of halogens is 2. The molecule has 1 heterocycles. The zero-order chi connectivity index (χ0) is 13.1. The van der Waals surface area contributed by atoms with Crippen LogP contribution in [0.3, 0.4) is 0 Å². The Morgan fingerprint density at radius 3 is 2.72 bits per heavy atom. The molecule has 0 fully saturated rings. The number of thiophene rings is 1. The summed E-state index contributed by atoms with van der Waals surface area (Å²) in [6, 6.07) is 11.2. The Bertz CT molecular complexity index is 519. The minimum atomic E-state index is 0.291. The number of rotatable bonds is 4. The number of hydrogen-bond acceptors (Lipinski definition) is 2. The Labute approximate surface area is 134 Å². The zero-order valence-electron chi connectivity index (χ0n) is 10.3. The SMILES string of the molecule is CCNC(c1cccc(I)c1)c1cc(Br)c(C)s1. The molecule has 1 nitrogen and oxygen atoms in total. The summed E-state index contributed by atoms with van der Waals surface area (Å²) in [4.78, 5) is 2.70. The topological polar surface area (TPSA) is 12.0 Å². The fraction of sp³-hybridized carbons (Fsp3) is 0.286. The molecule has 4 heteroatoms. The molecule has 0 radical (unpaired) electrons. The molecular weight excluding hydrogens is 421 g/mol. The molecular formula is C14H15BrINS. The van der Waals surface area contributed by atoms with Gasteiger partial charge >= 0.3 is 0 Å². The first kappa shape index (κ1) is 14.5. The van der Waals surface area contributed by atoms with Crippen molar-refractivity contribution in [3.05, 3.63) is 53.7 Å². The lowest BCUT2D eigenvalue weighted by atomic mass is 10.1. The highest BCUT2D eigenvalue weighted by Crippen LogP contribution is 2.34. The van der Waals surface area contributed by atoms with Crippen LogP contribution in [-0.2, 0) is 0 Å². The van der Waals surface area contributed by atoms with E-state index in [0.717, 1.165) is 6.54 Å². The smallest absolute Gasteiger partial charge is 0.0671 e. The van der Waals surface area contributed by atoms with Gasteiger partial charge in [-0.2, -0.15) is 0 Å². The lowest BCUT2D eigenvalue weighted by molar-refractivity contribution is 0.639. The molecule has 1 unspecified atom stereocenters. The predicted octanol–water partition coefficient (Wildman–Crippen LogP) is 5.12. The third kappa shape index (κ3) is 3.35. The lowest BCUT2D eigenvalue weighted by Gasteiger charge is -2.17. The highest BCUT2D eigenvalue weighted by atomic mass is 127. The van der Waals surface area contributed by atoms with E-state index in [0.29, 0.717) is 6.04 Å². The molecule has 18 heavy (non-hydrogen) atoms. The van der Waals surface area contributed by atoms with E-state index in [1.807, 2.05) is 11.3 Å². The van der Waals surface area contributed by atoms with Crippen molar-refractivity contribution < 1.29 is 0 Å². The van der Waals surface area contributed by atoms with Crippen LogP contribution < -0.4 is 5.32 Å². The molecule has 0 aliphatic carbocycles. The van der Waals surface area contributed by atoms with Gasteiger partial charge in [0.2, 0.25) is 0 Å². The van der Waals surface area contributed by atoms with Crippen LogP contribution in [0.2, 0.25) is 0 Å². The van der Waals surface area contributed by atoms with E-state index >= 15 is 0 Å². The van der Waals surface area contributed by atoms with Crippen molar-refractivity contribution in [1.29, 1.82) is 0 Å². The van der Waals surface area contributed by atoms with Crippen LogP contribution in [0.5, 0.6) is 0 Å². The maximum absolute atomic E-state index is 3.60. The van der Waals surface area contributed by atoms with E-state index in [1.54, 1.807) is 0 Å². The minimum Gasteiger partial charge on any atom is -0.306 e. The van der Waals surface area contributed by atoms with Gasteiger partial charge in [-0.1, -0.05) is 19.1 Å². The van der Waals surface area contributed by atoms with Crippen LogP contribution in [0.4, 0.5) is 0 Å². The van der Waals surface area contributed by atoms with Crippen molar-refractivity contribution in [1.82, 2.24) is 5.32 Å². The Morgan fingerprint density at radius 2 is 2.17 bits per heavy atom. The predicted molar refractivity (Wildman–Crippen MR) is 91.4 cm³/mol. The van der Waals surface area contributed by atoms with Crippen molar-refractivity contribution in [2.45, 2.75) is 19.9 Å². The molecule has 0 aliphatic heterocycles. The Kier molecular flexibility index (Phi) is 5.24. The third-order valence-electron chi connectivity index (χ3n) is 2.75. The summed E-state index contributed by atoms with van der Waals surface area (Å²) < 4.78 is 2.48. The average molecular weight is 436 g/mol. The van der Waals surface area contributed by atoms with Gasteiger partial charge in [0.05, 0.1) is 6.04 Å². The number of nitrogens with one attached hydrogen (secondary N) is 1. The van der Waals surface area contributed by atoms with Crippen LogP contribution in [-0.4, -0.2) is 6.54 Å². The third-order valence-corrected chi connectivity index (χ3v) is 5.62. The van der Waals surface area contributed by atoms with Crippen molar-refractivity contribution >= 4 is 49.9 Å². The van der Waals surface area contributed by atoms with Gasteiger partial charge in [0.15, 0.2) is 0 Å². The van der Waals surface area contributed by atoms with Gasteiger partial charge in [-0.05, 0) is 75.8 Å². The van der Waals surface area contributed by atoms with E-state index in [2.05, 4.69) is 88.0 Å². The van der Waals surface area contributed by atoms with Gasteiger partial charge in [0.25, 0.3) is 0 Å². The number of aryl methyl sites for hydroxylation is 1.